The van der Waals surface area contributed by atoms with Gasteiger partial charge in [0.2, 0.25) is 0 Å². The van der Waals surface area contributed by atoms with E-state index >= 15 is 0 Å². The molecule has 0 saturated heterocycles. The van der Waals surface area contributed by atoms with Crippen molar-refractivity contribution in [3.05, 3.63) is 162 Å². The molecule has 0 unspecified atom stereocenters. The Balaban J connectivity index is 0.000000127. The molecule has 1 heteroatoms. The van der Waals surface area contributed by atoms with Gasteiger partial charge >= 0.3 is 98.9 Å². The van der Waals surface area contributed by atoms with Gasteiger partial charge < -0.3 is 0 Å². The third-order valence-corrected chi connectivity index (χ3v) is 7.37. The molecule has 5 aromatic rings. The number of fused-ring (bicyclic) bond motifs is 3. The molecule has 6 rings (SSSR count). The Hall–Kier alpha value is -3.03. The molecule has 0 nitrogen and oxygen atoms in total. The van der Waals surface area contributed by atoms with Crippen LogP contribution in [0.5, 0.6) is 0 Å². The van der Waals surface area contributed by atoms with Crippen LogP contribution in [0.1, 0.15) is 22.3 Å². The summed E-state index contributed by atoms with van der Waals surface area (Å²) in [5, 5.41) is 0. The van der Waals surface area contributed by atoms with Crippen LogP contribution < -0.4 is 0 Å². The van der Waals surface area contributed by atoms with Crippen LogP contribution in [0.25, 0.3) is 11.1 Å². The first kappa shape index (κ1) is 22.2. The fourth-order valence-corrected chi connectivity index (χ4v) is 4.89. The summed E-state index contributed by atoms with van der Waals surface area (Å²) in [4.78, 5) is 0. The molecular formula is C31H24Hf. The maximum Gasteiger partial charge on any atom is -0.0253 e. The SMILES string of the molecule is [Hf+2]=[C](c1ccccc1)c1ccccc1.[c-]1cccc2c1Cc1ccccc1-2.c1cc[cH-]c1. The monoisotopic (exact) mass is 576 g/mol. The summed E-state index contributed by atoms with van der Waals surface area (Å²) in [5.41, 5.74) is 8.21. The third-order valence-electron chi connectivity index (χ3n) is 5.30. The van der Waals surface area contributed by atoms with Crippen LogP contribution in [-0.2, 0) is 30.3 Å². The zero-order valence-electron chi connectivity index (χ0n) is 17.9. The molecule has 0 spiro atoms. The topological polar surface area (TPSA) is 0 Å². The van der Waals surface area contributed by atoms with E-state index in [9.17, 15) is 0 Å². The zero-order valence-corrected chi connectivity index (χ0v) is 21.5. The molecule has 0 bridgehead atoms. The van der Waals surface area contributed by atoms with E-state index in [0.29, 0.717) is 0 Å². The van der Waals surface area contributed by atoms with Crippen molar-refractivity contribution in [1.82, 2.24) is 0 Å². The maximum atomic E-state index is 3.30. The van der Waals surface area contributed by atoms with Gasteiger partial charge in [-0.15, -0.1) is 5.56 Å². The number of hydrogen-bond acceptors (Lipinski definition) is 0. The van der Waals surface area contributed by atoms with Crippen LogP contribution in [0.3, 0.4) is 0 Å². The summed E-state index contributed by atoms with van der Waals surface area (Å²) in [5.74, 6) is 0. The number of hydrogen-bond donors (Lipinski definition) is 0. The van der Waals surface area contributed by atoms with Crippen LogP contribution in [0.4, 0.5) is 0 Å². The van der Waals surface area contributed by atoms with Crippen molar-refractivity contribution >= 4 is 3.26 Å². The summed E-state index contributed by atoms with van der Waals surface area (Å²) < 4.78 is 1.46. The molecule has 0 aliphatic heterocycles. The second kappa shape index (κ2) is 11.5. The third kappa shape index (κ3) is 5.81. The number of benzene rings is 4. The van der Waals surface area contributed by atoms with Gasteiger partial charge in [0.15, 0.2) is 0 Å². The normalized spacial score (nSPS) is 10.6. The van der Waals surface area contributed by atoms with Crippen molar-refractivity contribution in [2.45, 2.75) is 6.42 Å². The molecule has 0 amide bonds. The molecule has 0 heterocycles. The summed E-state index contributed by atoms with van der Waals surface area (Å²) in [7, 11) is 0. The summed E-state index contributed by atoms with van der Waals surface area (Å²) in [6.07, 6.45) is 1.05. The van der Waals surface area contributed by atoms with E-state index in [1.807, 2.05) is 36.4 Å². The van der Waals surface area contributed by atoms with Gasteiger partial charge in [0, 0.05) is 0 Å². The van der Waals surface area contributed by atoms with E-state index in [4.69, 9.17) is 0 Å². The van der Waals surface area contributed by atoms with Gasteiger partial charge in [0.05, 0.1) is 0 Å². The minimum atomic E-state index is 1.05. The van der Waals surface area contributed by atoms with Gasteiger partial charge in [-0.1, -0.05) is 35.4 Å². The standard InChI is InChI=1S/C13H9.C13H10.C5H5.Hf/c1-3-7-12-10(5-1)9-11-6-2-4-8-13(11)12;1-3-7-12(8-4-1)11-13-9-5-2-6-10-13;1-2-4-5-3-1;/h1-5,7-8H,9H2;1-10H;1-5H;/q-1;;-1;+2. The average molecular weight is 575 g/mol. The van der Waals surface area contributed by atoms with Gasteiger partial charge in [-0.05, 0) is 6.42 Å². The van der Waals surface area contributed by atoms with Crippen molar-refractivity contribution in [3.63, 3.8) is 0 Å². The Kier molecular flexibility index (Phi) is 8.00. The molecule has 1 aliphatic rings. The second-order valence-corrected chi connectivity index (χ2v) is 9.26. The molecule has 32 heavy (non-hydrogen) atoms. The fraction of sp³-hybridized carbons (Fsp3) is 0.0323. The fourth-order valence-electron chi connectivity index (χ4n) is 3.69. The predicted molar refractivity (Wildman–Crippen MR) is 132 cm³/mol. The van der Waals surface area contributed by atoms with E-state index in [0.717, 1.165) is 30.3 Å². The van der Waals surface area contributed by atoms with Crippen molar-refractivity contribution in [2.24, 2.45) is 0 Å². The minimum Gasteiger partial charge on any atom is -0.214 e. The van der Waals surface area contributed by atoms with E-state index in [1.165, 1.54) is 36.6 Å². The molecule has 0 fully saturated rings. The molecule has 152 valence electrons. The average Bonchev–Trinajstić information content (AvgIpc) is 3.57. The van der Waals surface area contributed by atoms with E-state index in [2.05, 4.69) is 103 Å². The first-order valence-corrected chi connectivity index (χ1v) is 12.6. The van der Waals surface area contributed by atoms with E-state index in [-0.39, 0.29) is 0 Å². The van der Waals surface area contributed by atoms with Crippen molar-refractivity contribution in [2.75, 3.05) is 0 Å². The summed E-state index contributed by atoms with van der Waals surface area (Å²) in [6.45, 7) is 0. The Morgan fingerprint density at radius 1 is 0.625 bits per heavy atom. The van der Waals surface area contributed by atoms with Crippen LogP contribution in [0.2, 0.25) is 0 Å². The van der Waals surface area contributed by atoms with Gasteiger partial charge in [0.1, 0.15) is 0 Å². The first-order chi connectivity index (χ1) is 15.8. The van der Waals surface area contributed by atoms with Crippen molar-refractivity contribution < 1.29 is 23.9 Å². The maximum absolute atomic E-state index is 3.30. The predicted octanol–water partition coefficient (Wildman–Crippen LogP) is 7.27. The van der Waals surface area contributed by atoms with Crippen LogP contribution in [0, 0.1) is 6.07 Å². The molecule has 0 radical (unpaired) electrons. The van der Waals surface area contributed by atoms with Gasteiger partial charge in [-0.25, -0.2) is 12.1 Å². The van der Waals surface area contributed by atoms with Gasteiger partial charge in [-0.3, -0.25) is 0 Å². The Labute approximate surface area is 205 Å². The molecule has 0 N–H and O–H groups in total. The largest absolute Gasteiger partial charge is 0.214 e. The molecular weight excluding hydrogens is 551 g/mol. The van der Waals surface area contributed by atoms with E-state index in [1.54, 1.807) is 0 Å². The van der Waals surface area contributed by atoms with Gasteiger partial charge in [0.25, 0.3) is 0 Å². The molecule has 5 aromatic carbocycles. The Morgan fingerprint density at radius 3 is 1.78 bits per heavy atom. The van der Waals surface area contributed by atoms with Crippen LogP contribution >= 0.6 is 0 Å². The Morgan fingerprint density at radius 2 is 1.19 bits per heavy atom. The van der Waals surface area contributed by atoms with Crippen molar-refractivity contribution in [1.29, 1.82) is 0 Å². The molecule has 1 aliphatic carbocycles. The second-order valence-electron chi connectivity index (χ2n) is 7.47. The first-order valence-electron chi connectivity index (χ1n) is 10.8. The van der Waals surface area contributed by atoms with Crippen LogP contribution in [-0.4, -0.2) is 3.26 Å². The quantitative estimate of drug-likeness (QED) is 0.151. The van der Waals surface area contributed by atoms with Crippen molar-refractivity contribution in [3.8, 4) is 11.1 Å². The van der Waals surface area contributed by atoms with E-state index < -0.39 is 0 Å². The minimum absolute atomic E-state index is 1.05. The number of rotatable bonds is 2. The summed E-state index contributed by atoms with van der Waals surface area (Å²) in [6, 6.07) is 49.3. The summed E-state index contributed by atoms with van der Waals surface area (Å²) >= 11 is 1.08. The molecule has 0 aromatic heterocycles. The molecule has 0 atom stereocenters. The van der Waals surface area contributed by atoms with Crippen LogP contribution in [0.15, 0.2) is 133 Å². The zero-order chi connectivity index (χ0) is 22.0. The van der Waals surface area contributed by atoms with Gasteiger partial charge in [-0.2, -0.15) is 48.0 Å². The smallest absolute Gasteiger partial charge is 0.0253 e. The molecule has 0 saturated carbocycles. The Bertz CT molecular complexity index is 1130.